The summed E-state index contributed by atoms with van der Waals surface area (Å²) in [6.45, 7) is 1.88. The highest BCUT2D eigenvalue weighted by Gasteiger charge is 2.59. The van der Waals surface area contributed by atoms with Crippen LogP contribution in [0.5, 0.6) is 5.75 Å². The number of thiocarbonyl (C=S) groups is 1. The van der Waals surface area contributed by atoms with Gasteiger partial charge < -0.3 is 15.4 Å². The molecule has 5 rings (SSSR count). The minimum atomic E-state index is -1.12. The largest absolute Gasteiger partial charge is 0.467 e. The summed E-state index contributed by atoms with van der Waals surface area (Å²) in [5.74, 6) is -0.179. The quantitative estimate of drug-likeness (QED) is 0.354. The summed E-state index contributed by atoms with van der Waals surface area (Å²) in [5, 5.41) is 7.99. The maximum absolute atomic E-state index is 13.7. The number of benzene rings is 3. The molecular weight excluding hydrogens is 545 g/mol. The lowest BCUT2D eigenvalue weighted by atomic mass is 9.78. The normalized spacial score (nSPS) is 23.3. The Bertz CT molecular complexity index is 1270. The first kappa shape index (κ1) is 22.5. The summed E-state index contributed by atoms with van der Waals surface area (Å²) in [5.41, 5.74) is 1.11. The van der Waals surface area contributed by atoms with Crippen molar-refractivity contribution in [2.75, 3.05) is 10.2 Å². The van der Waals surface area contributed by atoms with Crippen molar-refractivity contribution < 1.29 is 9.53 Å². The Morgan fingerprint density at radius 3 is 2.61 bits per heavy atom. The van der Waals surface area contributed by atoms with Crippen molar-refractivity contribution >= 4 is 73.7 Å². The zero-order chi connectivity index (χ0) is 23.3. The fourth-order valence-corrected chi connectivity index (χ4v) is 5.61. The van der Waals surface area contributed by atoms with E-state index in [1.165, 1.54) is 0 Å². The minimum absolute atomic E-state index is 0.211. The SMILES string of the molecule is C[C@@]12Oc3ccc(Br)cc3[C@@H](NC(=S)N1c1cccc(Cl)c1)[C@H]2C(=O)Nc1ccc(Cl)cc1. The predicted octanol–water partition coefficient (Wildman–Crippen LogP) is 6.56. The summed E-state index contributed by atoms with van der Waals surface area (Å²) in [6, 6.07) is 19.7. The molecule has 0 unspecified atom stereocenters. The Balaban J connectivity index is 1.63. The third kappa shape index (κ3) is 3.97. The highest BCUT2D eigenvalue weighted by Crippen LogP contribution is 2.50. The molecule has 2 aliphatic heterocycles. The van der Waals surface area contributed by atoms with Crippen LogP contribution in [0.4, 0.5) is 11.4 Å². The molecule has 2 heterocycles. The zero-order valence-corrected chi connectivity index (χ0v) is 21.2. The van der Waals surface area contributed by atoms with Crippen LogP contribution < -0.4 is 20.3 Å². The van der Waals surface area contributed by atoms with E-state index in [1.807, 2.05) is 42.2 Å². The molecule has 2 aliphatic rings. The topological polar surface area (TPSA) is 53.6 Å². The average Bonchev–Trinajstić information content (AvgIpc) is 2.75. The Kier molecular flexibility index (Phi) is 5.77. The Labute approximate surface area is 215 Å². The van der Waals surface area contributed by atoms with Crippen LogP contribution in [-0.4, -0.2) is 16.7 Å². The van der Waals surface area contributed by atoms with Gasteiger partial charge in [0.15, 0.2) is 10.8 Å². The number of carbonyl (C=O) groups excluding carboxylic acids is 1. The predicted molar refractivity (Wildman–Crippen MR) is 139 cm³/mol. The number of amides is 1. The maximum atomic E-state index is 13.7. The molecule has 0 aromatic heterocycles. The number of fused-ring (bicyclic) bond motifs is 4. The standard InChI is InChI=1S/C24H18BrCl2N3O2S/c1-24-20(22(31)28-16-8-6-14(26)7-9-16)21(18-11-13(25)5-10-19(18)32-24)29-23(33)30(24)17-4-2-3-15(27)12-17/h2-12,20-21H,1H3,(H,28,31)(H,29,33)/t20-,21+,24-/m0/s1. The smallest absolute Gasteiger partial charge is 0.236 e. The lowest BCUT2D eigenvalue weighted by molar-refractivity contribution is -0.130. The van der Waals surface area contributed by atoms with E-state index in [0.29, 0.717) is 26.6 Å². The fourth-order valence-electron chi connectivity index (χ4n) is 4.51. The van der Waals surface area contributed by atoms with E-state index in [-0.39, 0.29) is 5.91 Å². The fraction of sp³-hybridized carbons (Fsp3) is 0.167. The van der Waals surface area contributed by atoms with Crippen LogP contribution in [0.15, 0.2) is 71.2 Å². The van der Waals surface area contributed by atoms with Crippen molar-refractivity contribution in [3.05, 3.63) is 86.8 Å². The molecule has 0 aliphatic carbocycles. The summed E-state index contributed by atoms with van der Waals surface area (Å²) in [6.07, 6.45) is 0. The summed E-state index contributed by atoms with van der Waals surface area (Å²) < 4.78 is 7.45. The molecule has 33 heavy (non-hydrogen) atoms. The first-order valence-corrected chi connectivity index (χ1v) is 12.1. The van der Waals surface area contributed by atoms with E-state index in [4.69, 9.17) is 40.2 Å². The average molecular weight is 563 g/mol. The van der Waals surface area contributed by atoms with Gasteiger partial charge in [0.25, 0.3) is 0 Å². The number of nitrogens with zero attached hydrogens (tertiary/aromatic N) is 1. The molecule has 3 atom stereocenters. The lowest BCUT2D eigenvalue weighted by Gasteiger charge is -2.56. The zero-order valence-electron chi connectivity index (χ0n) is 17.3. The van der Waals surface area contributed by atoms with Crippen LogP contribution >= 0.6 is 51.3 Å². The molecule has 5 nitrogen and oxygen atoms in total. The van der Waals surface area contributed by atoms with Crippen LogP contribution in [0.25, 0.3) is 0 Å². The van der Waals surface area contributed by atoms with Gasteiger partial charge in [0.2, 0.25) is 5.91 Å². The second-order valence-corrected chi connectivity index (χ2v) is 10.2. The van der Waals surface area contributed by atoms with Crippen molar-refractivity contribution in [3.8, 4) is 5.75 Å². The summed E-state index contributed by atoms with van der Waals surface area (Å²) >= 11 is 21.6. The van der Waals surface area contributed by atoms with Gasteiger partial charge >= 0.3 is 0 Å². The maximum Gasteiger partial charge on any atom is 0.236 e. The van der Waals surface area contributed by atoms with Crippen LogP contribution in [0.1, 0.15) is 18.5 Å². The van der Waals surface area contributed by atoms with E-state index in [9.17, 15) is 4.79 Å². The van der Waals surface area contributed by atoms with E-state index in [1.54, 1.807) is 36.4 Å². The monoisotopic (exact) mass is 561 g/mol. The number of rotatable bonds is 3. The molecule has 2 bridgehead atoms. The lowest BCUT2D eigenvalue weighted by Crippen LogP contribution is -2.72. The molecule has 9 heteroatoms. The number of hydrogen-bond donors (Lipinski definition) is 2. The Morgan fingerprint density at radius 1 is 1.12 bits per heavy atom. The van der Waals surface area contributed by atoms with E-state index in [0.717, 1.165) is 15.7 Å². The molecule has 0 radical (unpaired) electrons. The van der Waals surface area contributed by atoms with Crippen molar-refractivity contribution in [3.63, 3.8) is 0 Å². The first-order chi connectivity index (χ1) is 15.8. The minimum Gasteiger partial charge on any atom is -0.467 e. The first-order valence-electron chi connectivity index (χ1n) is 10.2. The van der Waals surface area contributed by atoms with Gasteiger partial charge in [-0.1, -0.05) is 45.2 Å². The van der Waals surface area contributed by atoms with Gasteiger partial charge in [-0.05, 0) is 79.8 Å². The molecule has 2 N–H and O–H groups in total. The van der Waals surface area contributed by atoms with Crippen LogP contribution in [0.2, 0.25) is 10.0 Å². The highest BCUT2D eigenvalue weighted by atomic mass is 79.9. The highest BCUT2D eigenvalue weighted by molar-refractivity contribution is 9.10. The molecule has 168 valence electrons. The molecule has 1 fully saturated rings. The third-order valence-corrected chi connectivity index (χ3v) is 7.20. The number of hydrogen-bond acceptors (Lipinski definition) is 3. The third-order valence-electron chi connectivity index (χ3n) is 5.92. The summed E-state index contributed by atoms with van der Waals surface area (Å²) in [7, 11) is 0. The number of halogens is 3. The Hall–Kier alpha value is -2.32. The molecule has 3 aromatic rings. The van der Waals surface area contributed by atoms with Crippen molar-refractivity contribution in [2.24, 2.45) is 5.92 Å². The Morgan fingerprint density at radius 2 is 1.88 bits per heavy atom. The number of ether oxygens (including phenoxy) is 1. The van der Waals surface area contributed by atoms with Gasteiger partial charge in [-0.25, -0.2) is 0 Å². The van der Waals surface area contributed by atoms with Crippen molar-refractivity contribution in [1.29, 1.82) is 0 Å². The molecule has 0 spiro atoms. The van der Waals surface area contributed by atoms with Gasteiger partial charge in [0.1, 0.15) is 11.7 Å². The molecular formula is C24H18BrCl2N3O2S. The van der Waals surface area contributed by atoms with Gasteiger partial charge in [-0.3, -0.25) is 9.69 Å². The van der Waals surface area contributed by atoms with Gasteiger partial charge in [-0.15, -0.1) is 0 Å². The molecule has 1 amide bonds. The van der Waals surface area contributed by atoms with Crippen molar-refractivity contribution in [1.82, 2.24) is 5.32 Å². The van der Waals surface area contributed by atoms with Gasteiger partial charge in [-0.2, -0.15) is 0 Å². The van der Waals surface area contributed by atoms with Crippen LogP contribution in [0.3, 0.4) is 0 Å². The van der Waals surface area contributed by atoms with Crippen LogP contribution in [-0.2, 0) is 4.79 Å². The van der Waals surface area contributed by atoms with E-state index in [2.05, 4.69) is 26.6 Å². The van der Waals surface area contributed by atoms with E-state index >= 15 is 0 Å². The number of nitrogens with one attached hydrogen (secondary N) is 2. The number of carbonyl (C=O) groups is 1. The summed E-state index contributed by atoms with van der Waals surface area (Å²) in [4.78, 5) is 15.6. The number of anilines is 2. The van der Waals surface area contributed by atoms with Crippen LogP contribution in [0, 0.1) is 5.92 Å². The molecule has 1 saturated heterocycles. The van der Waals surface area contributed by atoms with Gasteiger partial charge in [0, 0.05) is 31.5 Å². The molecule has 3 aromatic carbocycles. The second-order valence-electron chi connectivity index (χ2n) is 8.06. The van der Waals surface area contributed by atoms with Crippen molar-refractivity contribution in [2.45, 2.75) is 18.7 Å². The second kappa shape index (κ2) is 8.47. The van der Waals surface area contributed by atoms with Gasteiger partial charge in [0.05, 0.1) is 6.04 Å². The van der Waals surface area contributed by atoms with E-state index < -0.39 is 17.7 Å². The molecule has 0 saturated carbocycles.